The van der Waals surface area contributed by atoms with Crippen LogP contribution in [0.25, 0.3) is 10.8 Å². The molecule has 0 spiro atoms. The minimum absolute atomic E-state index is 0.120. The summed E-state index contributed by atoms with van der Waals surface area (Å²) in [4.78, 5) is 17.1. The van der Waals surface area contributed by atoms with Crippen molar-refractivity contribution in [2.24, 2.45) is 5.73 Å². The number of nitro benzene ring substituents is 1. The summed E-state index contributed by atoms with van der Waals surface area (Å²) in [6.45, 7) is 1.53. The molecule has 2 N–H and O–H groups in total. The van der Waals surface area contributed by atoms with Crippen LogP contribution in [0.15, 0.2) is 30.6 Å². The van der Waals surface area contributed by atoms with E-state index in [1.807, 2.05) is 6.07 Å². The van der Waals surface area contributed by atoms with Crippen LogP contribution in [0.3, 0.4) is 0 Å². The molecule has 1 aromatic carbocycles. The van der Waals surface area contributed by atoms with Crippen molar-refractivity contribution in [3.8, 4) is 0 Å². The van der Waals surface area contributed by atoms with E-state index in [1.165, 1.54) is 0 Å². The maximum Gasteiger partial charge on any atom is 0.277 e. The summed E-state index contributed by atoms with van der Waals surface area (Å²) in [5, 5.41) is 12.6. The topological polar surface area (TPSA) is 85.3 Å². The molecule has 0 bridgehead atoms. The molecule has 2 aromatic rings. The molecule has 1 aromatic heterocycles. The number of fused-ring (bicyclic) bond motifs is 1. The summed E-state index contributed by atoms with van der Waals surface area (Å²) in [5.74, 6) is 0. The number of anilines is 1. The summed E-state index contributed by atoms with van der Waals surface area (Å²) in [6.07, 6.45) is 5.45. The van der Waals surface area contributed by atoms with Crippen LogP contribution in [-0.2, 0) is 0 Å². The number of aromatic nitrogens is 1. The zero-order valence-electron chi connectivity index (χ0n) is 11.0. The van der Waals surface area contributed by atoms with Gasteiger partial charge in [0.15, 0.2) is 0 Å². The number of non-ortho nitro benzene ring substituents is 1. The van der Waals surface area contributed by atoms with Crippen molar-refractivity contribution in [3.63, 3.8) is 0 Å². The van der Waals surface area contributed by atoms with Gasteiger partial charge in [-0.15, -0.1) is 0 Å². The highest BCUT2D eigenvalue weighted by atomic mass is 16.6. The van der Waals surface area contributed by atoms with E-state index in [-0.39, 0.29) is 10.6 Å². The first kappa shape index (κ1) is 12.8. The molecule has 6 heteroatoms. The Morgan fingerprint density at radius 2 is 2.25 bits per heavy atom. The lowest BCUT2D eigenvalue weighted by atomic mass is 10.1. The predicted octanol–water partition coefficient (Wildman–Crippen LogP) is 2.07. The molecule has 1 aliphatic rings. The lowest BCUT2D eigenvalue weighted by Gasteiger charge is -2.26. The minimum atomic E-state index is -0.351. The minimum Gasteiger partial charge on any atom is -0.367 e. The molecule has 2 heterocycles. The first-order chi connectivity index (χ1) is 9.72. The van der Waals surface area contributed by atoms with Gasteiger partial charge in [-0.2, -0.15) is 0 Å². The molecule has 0 saturated carbocycles. The Morgan fingerprint density at radius 3 is 3.00 bits per heavy atom. The smallest absolute Gasteiger partial charge is 0.277 e. The van der Waals surface area contributed by atoms with Crippen LogP contribution in [0.4, 0.5) is 11.4 Å². The SMILES string of the molecule is NCC1CCCN1c1ccc([N+](=O)[O-])c2ccncc12. The second-order valence-electron chi connectivity index (χ2n) is 5.01. The van der Waals surface area contributed by atoms with Gasteiger partial charge >= 0.3 is 0 Å². The number of rotatable bonds is 3. The van der Waals surface area contributed by atoms with Crippen molar-refractivity contribution in [1.29, 1.82) is 0 Å². The summed E-state index contributed by atoms with van der Waals surface area (Å²) < 4.78 is 0. The molecule has 0 radical (unpaired) electrons. The first-order valence-electron chi connectivity index (χ1n) is 6.70. The van der Waals surface area contributed by atoms with Gasteiger partial charge in [-0.1, -0.05) is 0 Å². The van der Waals surface area contributed by atoms with Gasteiger partial charge in [-0.05, 0) is 25.0 Å². The van der Waals surface area contributed by atoms with Crippen LogP contribution >= 0.6 is 0 Å². The van der Waals surface area contributed by atoms with E-state index >= 15 is 0 Å². The van der Waals surface area contributed by atoms with Crippen LogP contribution < -0.4 is 10.6 Å². The average Bonchev–Trinajstić information content (AvgIpc) is 2.94. The van der Waals surface area contributed by atoms with E-state index < -0.39 is 0 Å². The Hall–Kier alpha value is -2.21. The van der Waals surface area contributed by atoms with E-state index in [1.54, 1.807) is 24.5 Å². The molecule has 1 aliphatic heterocycles. The number of pyridine rings is 1. The number of nitrogens with zero attached hydrogens (tertiary/aromatic N) is 3. The molecule has 0 amide bonds. The molecular formula is C14H16N4O2. The van der Waals surface area contributed by atoms with Gasteiger partial charge in [0.25, 0.3) is 5.69 Å². The number of nitro groups is 1. The standard InChI is InChI=1S/C14H16N4O2/c15-8-10-2-1-7-17(10)13-3-4-14(18(19)20)11-5-6-16-9-12(11)13/h3-6,9-10H,1-2,7-8,15H2. The molecule has 1 atom stereocenters. The Bertz CT molecular complexity index is 659. The fourth-order valence-electron chi connectivity index (χ4n) is 2.97. The van der Waals surface area contributed by atoms with Crippen molar-refractivity contribution >= 4 is 22.1 Å². The molecular weight excluding hydrogens is 256 g/mol. The Labute approximate surface area is 116 Å². The van der Waals surface area contributed by atoms with Crippen LogP contribution in [0.1, 0.15) is 12.8 Å². The molecule has 6 nitrogen and oxygen atoms in total. The van der Waals surface area contributed by atoms with Crippen LogP contribution in [0.2, 0.25) is 0 Å². The largest absolute Gasteiger partial charge is 0.367 e. The highest BCUT2D eigenvalue weighted by Crippen LogP contribution is 2.35. The predicted molar refractivity (Wildman–Crippen MR) is 77.8 cm³/mol. The van der Waals surface area contributed by atoms with Crippen molar-refractivity contribution in [1.82, 2.24) is 4.98 Å². The molecule has 3 rings (SSSR count). The van der Waals surface area contributed by atoms with Crippen LogP contribution in [0.5, 0.6) is 0 Å². The quantitative estimate of drug-likeness (QED) is 0.683. The van der Waals surface area contributed by atoms with E-state index in [9.17, 15) is 10.1 Å². The van der Waals surface area contributed by atoms with Gasteiger partial charge in [-0.3, -0.25) is 15.1 Å². The second-order valence-corrected chi connectivity index (χ2v) is 5.01. The maximum atomic E-state index is 11.1. The van der Waals surface area contributed by atoms with Gasteiger partial charge in [-0.25, -0.2) is 0 Å². The summed E-state index contributed by atoms with van der Waals surface area (Å²) >= 11 is 0. The van der Waals surface area contributed by atoms with Gasteiger partial charge in [0.1, 0.15) is 0 Å². The van der Waals surface area contributed by atoms with E-state index in [0.717, 1.165) is 30.5 Å². The van der Waals surface area contributed by atoms with E-state index in [4.69, 9.17) is 5.73 Å². The Morgan fingerprint density at radius 1 is 1.40 bits per heavy atom. The Balaban J connectivity index is 2.18. The third-order valence-corrected chi connectivity index (χ3v) is 3.93. The van der Waals surface area contributed by atoms with Gasteiger partial charge in [0.05, 0.1) is 10.3 Å². The lowest BCUT2D eigenvalue weighted by Crippen LogP contribution is -2.35. The zero-order chi connectivity index (χ0) is 14.1. The molecule has 0 aliphatic carbocycles. The molecule has 104 valence electrons. The fourth-order valence-corrected chi connectivity index (χ4v) is 2.97. The van der Waals surface area contributed by atoms with Gasteiger partial charge in [0.2, 0.25) is 0 Å². The molecule has 1 fully saturated rings. The van der Waals surface area contributed by atoms with Crippen LogP contribution in [0, 0.1) is 10.1 Å². The van der Waals surface area contributed by atoms with Crippen LogP contribution in [-0.4, -0.2) is 29.0 Å². The lowest BCUT2D eigenvalue weighted by molar-refractivity contribution is -0.383. The molecule has 1 saturated heterocycles. The number of benzene rings is 1. The third kappa shape index (κ3) is 1.98. The van der Waals surface area contributed by atoms with Crippen molar-refractivity contribution in [3.05, 3.63) is 40.7 Å². The normalized spacial score (nSPS) is 18.6. The van der Waals surface area contributed by atoms with Gasteiger partial charge in [0, 0.05) is 48.7 Å². The monoisotopic (exact) mass is 272 g/mol. The first-order valence-corrected chi connectivity index (χ1v) is 6.70. The molecule has 1 unspecified atom stereocenters. The molecule has 20 heavy (non-hydrogen) atoms. The Kier molecular flexibility index (Phi) is 3.23. The fraction of sp³-hybridized carbons (Fsp3) is 0.357. The third-order valence-electron chi connectivity index (χ3n) is 3.93. The van der Waals surface area contributed by atoms with Crippen molar-refractivity contribution in [2.45, 2.75) is 18.9 Å². The summed E-state index contributed by atoms with van der Waals surface area (Å²) in [5.41, 5.74) is 6.93. The second kappa shape index (κ2) is 5.05. The highest BCUT2D eigenvalue weighted by molar-refractivity contribution is 5.99. The number of hydrogen-bond acceptors (Lipinski definition) is 5. The van der Waals surface area contributed by atoms with E-state index in [2.05, 4.69) is 9.88 Å². The average molecular weight is 272 g/mol. The maximum absolute atomic E-state index is 11.1. The van der Waals surface area contributed by atoms with Crippen molar-refractivity contribution in [2.75, 3.05) is 18.0 Å². The zero-order valence-corrected chi connectivity index (χ0v) is 11.0. The highest BCUT2D eigenvalue weighted by Gasteiger charge is 2.26. The number of hydrogen-bond donors (Lipinski definition) is 1. The summed E-state index contributed by atoms with van der Waals surface area (Å²) in [7, 11) is 0. The van der Waals surface area contributed by atoms with Crippen molar-refractivity contribution < 1.29 is 4.92 Å². The van der Waals surface area contributed by atoms with Gasteiger partial charge < -0.3 is 10.6 Å². The summed E-state index contributed by atoms with van der Waals surface area (Å²) in [6, 6.07) is 5.39. The number of nitrogens with two attached hydrogens (primary N) is 1. The van der Waals surface area contributed by atoms with E-state index in [0.29, 0.717) is 18.0 Å².